The summed E-state index contributed by atoms with van der Waals surface area (Å²) in [6, 6.07) is 15.8. The Bertz CT molecular complexity index is 872. The van der Waals surface area contributed by atoms with E-state index in [2.05, 4.69) is 10.4 Å². The highest BCUT2D eigenvalue weighted by atomic mass is 16.5. The molecule has 0 atom stereocenters. The Morgan fingerprint density at radius 2 is 1.92 bits per heavy atom. The summed E-state index contributed by atoms with van der Waals surface area (Å²) in [6.07, 6.45) is 4.00. The van der Waals surface area contributed by atoms with Gasteiger partial charge in [-0.05, 0) is 43.2 Å². The number of rotatable bonds is 7. The lowest BCUT2D eigenvalue weighted by atomic mass is 10.1. The maximum Gasteiger partial charge on any atom is 0.223 e. The van der Waals surface area contributed by atoms with Crippen molar-refractivity contribution < 1.29 is 9.53 Å². The monoisotopic (exact) mass is 349 g/mol. The number of nitrogens with zero attached hydrogens (tertiary/aromatic N) is 2. The Kier molecular flexibility index (Phi) is 5.69. The van der Waals surface area contributed by atoms with Crippen LogP contribution in [0.25, 0.3) is 5.69 Å². The molecule has 134 valence electrons. The van der Waals surface area contributed by atoms with Crippen molar-refractivity contribution in [1.82, 2.24) is 15.1 Å². The van der Waals surface area contributed by atoms with Gasteiger partial charge >= 0.3 is 0 Å². The molecule has 0 bridgehead atoms. The van der Waals surface area contributed by atoms with Crippen LogP contribution in [0.15, 0.2) is 60.9 Å². The number of aromatic nitrogens is 2. The topological polar surface area (TPSA) is 56.1 Å². The Morgan fingerprint density at radius 1 is 1.12 bits per heavy atom. The van der Waals surface area contributed by atoms with Gasteiger partial charge < -0.3 is 10.1 Å². The number of aryl methyl sites for hydroxylation is 1. The van der Waals surface area contributed by atoms with Gasteiger partial charge in [0.2, 0.25) is 5.91 Å². The highest BCUT2D eigenvalue weighted by Crippen LogP contribution is 2.20. The molecule has 5 nitrogen and oxygen atoms in total. The van der Waals surface area contributed by atoms with Gasteiger partial charge in [0.25, 0.3) is 0 Å². The smallest absolute Gasteiger partial charge is 0.223 e. The summed E-state index contributed by atoms with van der Waals surface area (Å²) >= 11 is 0. The lowest BCUT2D eigenvalue weighted by molar-refractivity contribution is -0.121. The fourth-order valence-electron chi connectivity index (χ4n) is 2.60. The lowest BCUT2D eigenvalue weighted by Crippen LogP contribution is -2.24. The first kappa shape index (κ1) is 17.7. The van der Waals surface area contributed by atoms with Crippen LogP contribution in [-0.2, 0) is 11.3 Å². The van der Waals surface area contributed by atoms with Crippen LogP contribution < -0.4 is 10.1 Å². The minimum Gasteiger partial charge on any atom is -0.493 e. The number of ether oxygens (including phenoxy) is 1. The van der Waals surface area contributed by atoms with Crippen LogP contribution >= 0.6 is 0 Å². The molecule has 26 heavy (non-hydrogen) atoms. The molecule has 0 aliphatic rings. The number of hydrogen-bond donors (Lipinski definition) is 1. The molecule has 0 aliphatic heterocycles. The van der Waals surface area contributed by atoms with Crippen molar-refractivity contribution >= 4 is 5.91 Å². The minimum absolute atomic E-state index is 0.0391. The molecule has 0 radical (unpaired) electrons. The van der Waals surface area contributed by atoms with Crippen molar-refractivity contribution in [1.29, 1.82) is 0 Å². The second-order valence-electron chi connectivity index (χ2n) is 6.20. The second kappa shape index (κ2) is 8.34. The van der Waals surface area contributed by atoms with Crippen LogP contribution in [0.2, 0.25) is 0 Å². The molecular formula is C21H23N3O2. The molecule has 1 amide bonds. The average Bonchev–Trinajstić information content (AvgIpc) is 3.13. The maximum absolute atomic E-state index is 12.0. The van der Waals surface area contributed by atoms with Gasteiger partial charge in [0.1, 0.15) is 5.75 Å². The predicted molar refractivity (Wildman–Crippen MR) is 101 cm³/mol. The molecule has 0 spiro atoms. The molecule has 1 aromatic heterocycles. The van der Waals surface area contributed by atoms with Gasteiger partial charge in [-0.3, -0.25) is 4.79 Å². The molecule has 0 fully saturated rings. The van der Waals surface area contributed by atoms with Crippen LogP contribution in [0.5, 0.6) is 5.75 Å². The van der Waals surface area contributed by atoms with Gasteiger partial charge in [-0.25, -0.2) is 4.68 Å². The summed E-state index contributed by atoms with van der Waals surface area (Å²) in [4.78, 5) is 12.0. The fourth-order valence-corrected chi connectivity index (χ4v) is 2.60. The van der Waals surface area contributed by atoms with Crippen LogP contribution in [0.3, 0.4) is 0 Å². The maximum atomic E-state index is 12.0. The number of benzene rings is 2. The van der Waals surface area contributed by atoms with Gasteiger partial charge in [0.05, 0.1) is 24.9 Å². The Balaban J connectivity index is 1.44. The van der Waals surface area contributed by atoms with Crippen molar-refractivity contribution in [2.45, 2.75) is 26.8 Å². The number of hydrogen-bond acceptors (Lipinski definition) is 3. The SMILES string of the molecule is Cc1cccc(OCCC(=O)NCc2cnn(-c3ccccc3)c2)c1C. The van der Waals surface area contributed by atoms with E-state index < -0.39 is 0 Å². The molecule has 3 rings (SSSR count). The van der Waals surface area contributed by atoms with E-state index >= 15 is 0 Å². The summed E-state index contributed by atoms with van der Waals surface area (Å²) < 4.78 is 7.52. The first-order chi connectivity index (χ1) is 12.6. The third kappa shape index (κ3) is 4.51. The molecule has 0 saturated heterocycles. The van der Waals surface area contributed by atoms with E-state index in [9.17, 15) is 4.79 Å². The van der Waals surface area contributed by atoms with Gasteiger partial charge in [-0.2, -0.15) is 5.10 Å². The molecular weight excluding hydrogens is 326 g/mol. The Hall–Kier alpha value is -3.08. The Morgan fingerprint density at radius 3 is 2.73 bits per heavy atom. The zero-order valence-electron chi connectivity index (χ0n) is 15.1. The number of para-hydroxylation sites is 1. The average molecular weight is 349 g/mol. The van der Waals surface area contributed by atoms with Crippen molar-refractivity contribution in [3.8, 4) is 11.4 Å². The molecule has 0 saturated carbocycles. The van der Waals surface area contributed by atoms with Gasteiger partial charge in [0, 0.05) is 18.3 Å². The standard InChI is InChI=1S/C21H23N3O2/c1-16-7-6-10-20(17(16)2)26-12-11-21(25)22-13-18-14-23-24(15-18)19-8-4-3-5-9-19/h3-10,14-15H,11-13H2,1-2H3,(H,22,25). The van der Waals surface area contributed by atoms with E-state index in [0.29, 0.717) is 19.6 Å². The van der Waals surface area contributed by atoms with E-state index in [1.165, 1.54) is 5.56 Å². The summed E-state index contributed by atoms with van der Waals surface area (Å²) in [7, 11) is 0. The molecule has 3 aromatic rings. The van der Waals surface area contributed by atoms with E-state index in [1.807, 2.05) is 68.6 Å². The summed E-state index contributed by atoms with van der Waals surface area (Å²) in [6.45, 7) is 4.88. The number of carbonyl (C=O) groups excluding carboxylic acids is 1. The molecule has 0 aliphatic carbocycles. The van der Waals surface area contributed by atoms with Gasteiger partial charge in [-0.15, -0.1) is 0 Å². The third-order valence-corrected chi connectivity index (χ3v) is 4.29. The highest BCUT2D eigenvalue weighted by Gasteiger charge is 2.06. The van der Waals surface area contributed by atoms with Crippen LogP contribution in [0, 0.1) is 13.8 Å². The molecule has 1 heterocycles. The van der Waals surface area contributed by atoms with Crippen molar-refractivity contribution in [3.05, 3.63) is 77.6 Å². The highest BCUT2D eigenvalue weighted by molar-refractivity contribution is 5.76. The van der Waals surface area contributed by atoms with Crippen molar-refractivity contribution in [3.63, 3.8) is 0 Å². The van der Waals surface area contributed by atoms with Crippen molar-refractivity contribution in [2.75, 3.05) is 6.61 Å². The van der Waals surface area contributed by atoms with E-state index in [4.69, 9.17) is 4.74 Å². The van der Waals surface area contributed by atoms with E-state index in [0.717, 1.165) is 22.6 Å². The van der Waals surface area contributed by atoms with Gasteiger partial charge in [-0.1, -0.05) is 30.3 Å². The summed E-state index contributed by atoms with van der Waals surface area (Å²) in [5.74, 6) is 0.796. The van der Waals surface area contributed by atoms with E-state index in [1.54, 1.807) is 10.9 Å². The minimum atomic E-state index is -0.0391. The molecule has 5 heteroatoms. The molecule has 2 aromatic carbocycles. The third-order valence-electron chi connectivity index (χ3n) is 4.29. The molecule has 1 N–H and O–H groups in total. The van der Waals surface area contributed by atoms with Crippen LogP contribution in [0.4, 0.5) is 0 Å². The zero-order chi connectivity index (χ0) is 18.4. The first-order valence-corrected chi connectivity index (χ1v) is 8.68. The predicted octanol–water partition coefficient (Wildman–Crippen LogP) is 3.57. The van der Waals surface area contributed by atoms with Crippen LogP contribution in [0.1, 0.15) is 23.1 Å². The number of amides is 1. The number of carbonyl (C=O) groups is 1. The summed E-state index contributed by atoms with van der Waals surface area (Å²) in [5.41, 5.74) is 4.24. The van der Waals surface area contributed by atoms with Crippen LogP contribution in [-0.4, -0.2) is 22.3 Å². The first-order valence-electron chi connectivity index (χ1n) is 8.68. The number of nitrogens with one attached hydrogen (secondary N) is 1. The Labute approximate surface area is 153 Å². The van der Waals surface area contributed by atoms with E-state index in [-0.39, 0.29) is 5.91 Å². The normalized spacial score (nSPS) is 10.5. The quantitative estimate of drug-likeness (QED) is 0.709. The molecule has 0 unspecified atom stereocenters. The van der Waals surface area contributed by atoms with Gasteiger partial charge in [0.15, 0.2) is 0 Å². The second-order valence-corrected chi connectivity index (χ2v) is 6.20. The zero-order valence-corrected chi connectivity index (χ0v) is 15.1. The largest absolute Gasteiger partial charge is 0.493 e. The lowest BCUT2D eigenvalue weighted by Gasteiger charge is -2.10. The summed E-state index contributed by atoms with van der Waals surface area (Å²) in [5, 5.41) is 7.23. The fraction of sp³-hybridized carbons (Fsp3) is 0.238. The van der Waals surface area contributed by atoms with Crippen molar-refractivity contribution in [2.24, 2.45) is 0 Å².